The molecule has 0 bridgehead atoms. The van der Waals surface area contributed by atoms with Gasteiger partial charge in [-0.05, 0) is 17.6 Å². The first-order valence-electron chi connectivity index (χ1n) is 4.08. The third-order valence-electron chi connectivity index (χ3n) is 2.07. The van der Waals surface area contributed by atoms with Gasteiger partial charge in [0.15, 0.2) is 0 Å². The highest BCUT2D eigenvalue weighted by Crippen LogP contribution is 2.27. The van der Waals surface area contributed by atoms with E-state index in [4.69, 9.17) is 4.74 Å². The number of ether oxygens (including phenoxy) is 1. The lowest BCUT2D eigenvalue weighted by Crippen LogP contribution is -1.86. The van der Waals surface area contributed by atoms with Crippen molar-refractivity contribution in [3.63, 3.8) is 0 Å². The zero-order valence-corrected chi connectivity index (χ0v) is 6.71. The second-order valence-corrected chi connectivity index (χ2v) is 3.07. The molecule has 1 nitrogen and oxygen atoms in total. The van der Waals surface area contributed by atoms with Gasteiger partial charge < -0.3 is 4.74 Å². The summed E-state index contributed by atoms with van der Waals surface area (Å²) in [7, 11) is 0. The second kappa shape index (κ2) is 2.57. The van der Waals surface area contributed by atoms with Crippen LogP contribution in [0.15, 0.2) is 35.6 Å². The zero-order chi connectivity index (χ0) is 7.68. The van der Waals surface area contributed by atoms with E-state index >= 15 is 0 Å². The van der Waals surface area contributed by atoms with Crippen LogP contribution >= 0.6 is 0 Å². The van der Waals surface area contributed by atoms with Crippen molar-refractivity contribution in [2.24, 2.45) is 5.92 Å². The van der Waals surface area contributed by atoms with Crippen molar-refractivity contribution in [3.05, 3.63) is 35.6 Å². The Balaban J connectivity index is 2.34. The van der Waals surface area contributed by atoms with E-state index in [-0.39, 0.29) is 0 Å². The highest BCUT2D eigenvalue weighted by molar-refractivity contribution is 5.35. The first-order chi connectivity index (χ1) is 5.36. The lowest BCUT2D eigenvalue weighted by Gasteiger charge is -2.00. The number of fused-ring (bicyclic) bond motifs is 1. The van der Waals surface area contributed by atoms with Gasteiger partial charge in [-0.3, -0.25) is 0 Å². The molecule has 2 rings (SSSR count). The van der Waals surface area contributed by atoms with Gasteiger partial charge in [-0.15, -0.1) is 0 Å². The molecule has 0 spiro atoms. The van der Waals surface area contributed by atoms with E-state index in [0.29, 0.717) is 5.92 Å². The van der Waals surface area contributed by atoms with Crippen LogP contribution in [0.3, 0.4) is 0 Å². The molecule has 11 heavy (non-hydrogen) atoms. The number of allylic oxidation sites excluding steroid dienone is 5. The van der Waals surface area contributed by atoms with Crippen molar-refractivity contribution in [2.45, 2.75) is 13.3 Å². The molecule has 0 radical (unpaired) electrons. The van der Waals surface area contributed by atoms with Gasteiger partial charge in [-0.25, -0.2) is 0 Å². The van der Waals surface area contributed by atoms with Crippen molar-refractivity contribution in [1.82, 2.24) is 0 Å². The highest BCUT2D eigenvalue weighted by atomic mass is 16.5. The van der Waals surface area contributed by atoms with Crippen molar-refractivity contribution < 1.29 is 4.74 Å². The Kier molecular flexibility index (Phi) is 1.57. The molecule has 0 saturated carbocycles. The average molecular weight is 148 g/mol. The van der Waals surface area contributed by atoms with Crippen molar-refractivity contribution in [3.8, 4) is 0 Å². The molecule has 2 aliphatic rings. The molecular formula is C10H12O. The molecule has 1 unspecified atom stereocenters. The van der Waals surface area contributed by atoms with Gasteiger partial charge in [0.25, 0.3) is 0 Å². The minimum absolute atomic E-state index is 0.511. The maximum Gasteiger partial charge on any atom is 0.119 e. The van der Waals surface area contributed by atoms with Crippen molar-refractivity contribution >= 4 is 0 Å². The quantitative estimate of drug-likeness (QED) is 0.512. The number of hydrogen-bond acceptors (Lipinski definition) is 1. The van der Waals surface area contributed by atoms with Gasteiger partial charge in [0.1, 0.15) is 5.76 Å². The number of hydrogen-bond donors (Lipinski definition) is 0. The van der Waals surface area contributed by atoms with Gasteiger partial charge >= 0.3 is 0 Å². The van der Waals surface area contributed by atoms with Gasteiger partial charge in [-0.1, -0.05) is 25.2 Å². The minimum atomic E-state index is 0.511. The molecule has 0 aromatic carbocycles. The molecule has 0 amide bonds. The maximum absolute atomic E-state index is 5.46. The Hall–Kier alpha value is -0.980. The van der Waals surface area contributed by atoms with E-state index in [0.717, 1.165) is 18.8 Å². The summed E-state index contributed by atoms with van der Waals surface area (Å²) in [4.78, 5) is 0. The molecule has 1 fully saturated rings. The zero-order valence-electron chi connectivity index (χ0n) is 6.71. The van der Waals surface area contributed by atoms with E-state index in [1.807, 2.05) is 0 Å². The Morgan fingerprint density at radius 3 is 3.36 bits per heavy atom. The van der Waals surface area contributed by atoms with Gasteiger partial charge in [0.2, 0.25) is 0 Å². The fraction of sp³-hybridized carbons (Fsp3) is 0.400. The van der Waals surface area contributed by atoms with Gasteiger partial charge in [0, 0.05) is 6.42 Å². The fourth-order valence-electron chi connectivity index (χ4n) is 1.45. The van der Waals surface area contributed by atoms with E-state index < -0.39 is 0 Å². The Morgan fingerprint density at radius 2 is 2.45 bits per heavy atom. The lowest BCUT2D eigenvalue weighted by molar-refractivity contribution is 0.263. The highest BCUT2D eigenvalue weighted by Gasteiger charge is 2.15. The van der Waals surface area contributed by atoms with E-state index in [2.05, 4.69) is 31.2 Å². The molecule has 1 aliphatic carbocycles. The minimum Gasteiger partial charge on any atom is -0.493 e. The van der Waals surface area contributed by atoms with Crippen LogP contribution in [0.25, 0.3) is 0 Å². The van der Waals surface area contributed by atoms with Gasteiger partial charge in [0.05, 0.1) is 6.61 Å². The maximum atomic E-state index is 5.46. The van der Waals surface area contributed by atoms with Crippen molar-refractivity contribution in [2.75, 3.05) is 6.61 Å². The largest absolute Gasteiger partial charge is 0.493 e. The first-order valence-corrected chi connectivity index (χ1v) is 4.08. The summed E-state index contributed by atoms with van der Waals surface area (Å²) in [6.07, 6.45) is 9.72. The average Bonchev–Trinajstić information content (AvgIpc) is 2.31. The molecule has 1 atom stereocenters. The summed E-state index contributed by atoms with van der Waals surface area (Å²) in [5.74, 6) is 1.61. The predicted molar refractivity (Wildman–Crippen MR) is 45.0 cm³/mol. The monoisotopic (exact) mass is 148 g/mol. The van der Waals surface area contributed by atoms with E-state index in [9.17, 15) is 0 Å². The molecule has 1 saturated heterocycles. The third-order valence-corrected chi connectivity index (χ3v) is 2.07. The number of rotatable bonds is 0. The molecule has 0 aromatic heterocycles. The Bertz CT molecular complexity index is 246. The molecule has 58 valence electrons. The second-order valence-electron chi connectivity index (χ2n) is 3.07. The van der Waals surface area contributed by atoms with Crippen LogP contribution < -0.4 is 0 Å². The third kappa shape index (κ3) is 1.23. The normalized spacial score (nSPS) is 28.3. The van der Waals surface area contributed by atoms with E-state index in [1.165, 1.54) is 5.57 Å². The summed E-state index contributed by atoms with van der Waals surface area (Å²) in [5, 5.41) is 0. The van der Waals surface area contributed by atoms with Crippen LogP contribution in [0.2, 0.25) is 0 Å². The summed E-state index contributed by atoms with van der Waals surface area (Å²) in [5.41, 5.74) is 1.35. The summed E-state index contributed by atoms with van der Waals surface area (Å²) < 4.78 is 5.46. The van der Waals surface area contributed by atoms with Crippen LogP contribution in [0.1, 0.15) is 13.3 Å². The fourth-order valence-corrected chi connectivity index (χ4v) is 1.45. The Labute approximate surface area is 67.1 Å². The smallest absolute Gasteiger partial charge is 0.119 e. The van der Waals surface area contributed by atoms with Crippen molar-refractivity contribution in [1.29, 1.82) is 0 Å². The van der Waals surface area contributed by atoms with E-state index in [1.54, 1.807) is 0 Å². The molecular weight excluding hydrogens is 136 g/mol. The van der Waals surface area contributed by atoms with Crippen LogP contribution in [0.4, 0.5) is 0 Å². The van der Waals surface area contributed by atoms with Gasteiger partial charge in [-0.2, -0.15) is 0 Å². The topological polar surface area (TPSA) is 9.23 Å². The molecule has 1 heteroatoms. The SMILES string of the molecule is CC1C=CC=C2CCOC2=C1. The summed E-state index contributed by atoms with van der Waals surface area (Å²) in [6.45, 7) is 3.03. The molecule has 1 aliphatic heterocycles. The molecule has 0 N–H and O–H groups in total. The Morgan fingerprint density at radius 1 is 1.55 bits per heavy atom. The predicted octanol–water partition coefficient (Wildman–Crippen LogP) is 2.42. The van der Waals surface area contributed by atoms with Crippen LogP contribution in [0, 0.1) is 5.92 Å². The lowest BCUT2D eigenvalue weighted by atomic mass is 10.1. The van der Waals surface area contributed by atoms with Crippen LogP contribution in [-0.4, -0.2) is 6.61 Å². The summed E-state index contributed by atoms with van der Waals surface area (Å²) >= 11 is 0. The van der Waals surface area contributed by atoms with Crippen LogP contribution in [-0.2, 0) is 4.74 Å². The first kappa shape index (κ1) is 6.71. The molecule has 0 aromatic rings. The van der Waals surface area contributed by atoms with Crippen LogP contribution in [0.5, 0.6) is 0 Å². The summed E-state index contributed by atoms with van der Waals surface area (Å²) in [6, 6.07) is 0. The molecule has 1 heterocycles. The standard InChI is InChI=1S/C10H12O/c1-8-3-2-4-9-5-6-11-10(9)7-8/h2-4,7-8H,5-6H2,1H3.